The summed E-state index contributed by atoms with van der Waals surface area (Å²) in [6.07, 6.45) is 0. The monoisotopic (exact) mass is 339 g/mol. The summed E-state index contributed by atoms with van der Waals surface area (Å²) in [7, 11) is 3.20. The molecule has 0 aliphatic rings. The van der Waals surface area contributed by atoms with E-state index in [0.29, 0.717) is 29.8 Å². The fraction of sp³-hybridized carbons (Fsp3) is 0.263. The van der Waals surface area contributed by atoms with Gasteiger partial charge in [-0.3, -0.25) is 0 Å². The van der Waals surface area contributed by atoms with Crippen molar-refractivity contribution in [3.63, 3.8) is 0 Å². The minimum atomic E-state index is 0.464. The maximum atomic E-state index is 5.35. The molecule has 0 saturated heterocycles. The van der Waals surface area contributed by atoms with Crippen molar-refractivity contribution in [3.8, 4) is 22.9 Å². The number of aryl methyl sites for hydroxylation is 2. The van der Waals surface area contributed by atoms with Gasteiger partial charge in [0, 0.05) is 11.3 Å². The molecule has 3 aromatic rings. The molecule has 0 aliphatic carbocycles. The van der Waals surface area contributed by atoms with Crippen LogP contribution in [0.3, 0.4) is 0 Å². The van der Waals surface area contributed by atoms with E-state index in [0.717, 1.165) is 11.3 Å². The summed E-state index contributed by atoms with van der Waals surface area (Å²) >= 11 is 0. The predicted octanol–water partition coefficient (Wildman–Crippen LogP) is 3.98. The Bertz CT molecular complexity index is 854. The Morgan fingerprint density at radius 1 is 1.00 bits per heavy atom. The second kappa shape index (κ2) is 7.25. The molecule has 25 heavy (non-hydrogen) atoms. The molecule has 1 aromatic heterocycles. The lowest BCUT2D eigenvalue weighted by atomic mass is 10.1. The highest BCUT2D eigenvalue weighted by atomic mass is 16.5. The molecule has 6 heteroatoms. The lowest BCUT2D eigenvalue weighted by molar-refractivity contribution is 0.355. The zero-order valence-electron chi connectivity index (χ0n) is 14.8. The van der Waals surface area contributed by atoms with E-state index < -0.39 is 0 Å². The first-order chi connectivity index (χ1) is 12.1. The number of methoxy groups -OCH3 is 2. The summed E-state index contributed by atoms with van der Waals surface area (Å²) in [4.78, 5) is 4.45. The van der Waals surface area contributed by atoms with Crippen molar-refractivity contribution in [2.75, 3.05) is 19.5 Å². The maximum Gasteiger partial charge on any atom is 0.246 e. The first kappa shape index (κ1) is 16.8. The van der Waals surface area contributed by atoms with Gasteiger partial charge in [0.1, 0.15) is 0 Å². The van der Waals surface area contributed by atoms with Crippen LogP contribution in [-0.2, 0) is 6.54 Å². The van der Waals surface area contributed by atoms with E-state index in [9.17, 15) is 0 Å². The van der Waals surface area contributed by atoms with Gasteiger partial charge in [0.25, 0.3) is 0 Å². The summed E-state index contributed by atoms with van der Waals surface area (Å²) in [5, 5.41) is 7.41. The third-order valence-corrected chi connectivity index (χ3v) is 4.01. The minimum absolute atomic E-state index is 0.464. The van der Waals surface area contributed by atoms with Crippen LogP contribution in [0.15, 0.2) is 40.9 Å². The van der Waals surface area contributed by atoms with Gasteiger partial charge in [-0.2, -0.15) is 4.98 Å². The number of aromatic nitrogens is 2. The predicted molar refractivity (Wildman–Crippen MR) is 96.1 cm³/mol. The summed E-state index contributed by atoms with van der Waals surface area (Å²) in [5.74, 6) is 2.32. The molecule has 0 atom stereocenters. The highest BCUT2D eigenvalue weighted by molar-refractivity contribution is 5.61. The molecule has 1 N–H and O–H groups in total. The zero-order valence-corrected chi connectivity index (χ0v) is 14.8. The molecule has 3 rings (SSSR count). The number of para-hydroxylation sites is 1. The standard InChI is InChI=1S/C19H21N3O3/c1-12-6-5-7-13(2)18(12)20-11-17-21-19(22-25-17)14-8-9-15(23-3)16(10-14)24-4/h5-10,20H,11H2,1-4H3. The number of rotatable bonds is 6. The van der Waals surface area contributed by atoms with E-state index in [1.165, 1.54) is 11.1 Å². The molecule has 0 bridgehead atoms. The van der Waals surface area contributed by atoms with Gasteiger partial charge in [0.2, 0.25) is 11.7 Å². The van der Waals surface area contributed by atoms with Crippen LogP contribution in [0.4, 0.5) is 5.69 Å². The summed E-state index contributed by atoms with van der Waals surface area (Å²) in [6.45, 7) is 4.60. The molecule has 0 unspecified atom stereocenters. The lowest BCUT2D eigenvalue weighted by Crippen LogP contribution is -2.03. The molecule has 1 heterocycles. The van der Waals surface area contributed by atoms with Crippen molar-refractivity contribution in [1.82, 2.24) is 10.1 Å². The van der Waals surface area contributed by atoms with E-state index in [1.54, 1.807) is 14.2 Å². The molecule has 0 aliphatic heterocycles. The smallest absolute Gasteiger partial charge is 0.246 e. The molecule has 0 radical (unpaired) electrons. The first-order valence-electron chi connectivity index (χ1n) is 7.97. The Labute approximate surface area is 146 Å². The van der Waals surface area contributed by atoms with E-state index >= 15 is 0 Å². The van der Waals surface area contributed by atoms with Crippen molar-refractivity contribution in [1.29, 1.82) is 0 Å². The van der Waals surface area contributed by atoms with Gasteiger partial charge in [-0.25, -0.2) is 0 Å². The van der Waals surface area contributed by atoms with Gasteiger partial charge in [0.15, 0.2) is 11.5 Å². The van der Waals surface area contributed by atoms with Crippen LogP contribution in [0, 0.1) is 13.8 Å². The molecular weight excluding hydrogens is 318 g/mol. The molecular formula is C19H21N3O3. The number of hydrogen-bond acceptors (Lipinski definition) is 6. The van der Waals surface area contributed by atoms with Crippen molar-refractivity contribution in [3.05, 3.63) is 53.4 Å². The first-order valence-corrected chi connectivity index (χ1v) is 7.97. The number of hydrogen-bond donors (Lipinski definition) is 1. The SMILES string of the molecule is COc1ccc(-c2noc(CNc3c(C)cccc3C)n2)cc1OC. The van der Waals surface area contributed by atoms with Gasteiger partial charge < -0.3 is 19.3 Å². The second-order valence-corrected chi connectivity index (χ2v) is 5.70. The van der Waals surface area contributed by atoms with Gasteiger partial charge in [0.05, 0.1) is 20.8 Å². The van der Waals surface area contributed by atoms with Gasteiger partial charge in [-0.1, -0.05) is 23.4 Å². The molecule has 2 aromatic carbocycles. The van der Waals surface area contributed by atoms with Crippen LogP contribution < -0.4 is 14.8 Å². The summed E-state index contributed by atoms with van der Waals surface area (Å²) in [6, 6.07) is 11.7. The van der Waals surface area contributed by atoms with Crippen LogP contribution in [0.5, 0.6) is 11.5 Å². The van der Waals surface area contributed by atoms with Gasteiger partial charge >= 0.3 is 0 Å². The molecule has 0 saturated carbocycles. The highest BCUT2D eigenvalue weighted by Crippen LogP contribution is 2.31. The zero-order chi connectivity index (χ0) is 17.8. The number of nitrogens with one attached hydrogen (secondary N) is 1. The van der Waals surface area contributed by atoms with E-state index in [4.69, 9.17) is 14.0 Å². The van der Waals surface area contributed by atoms with Crippen LogP contribution >= 0.6 is 0 Å². The van der Waals surface area contributed by atoms with Crippen molar-refractivity contribution < 1.29 is 14.0 Å². The molecule has 0 spiro atoms. The van der Waals surface area contributed by atoms with Crippen molar-refractivity contribution >= 4 is 5.69 Å². The van der Waals surface area contributed by atoms with Crippen LogP contribution in [0.1, 0.15) is 17.0 Å². The Morgan fingerprint density at radius 2 is 1.72 bits per heavy atom. The molecule has 0 fully saturated rings. The largest absolute Gasteiger partial charge is 0.493 e. The van der Waals surface area contributed by atoms with E-state index in [2.05, 4.69) is 41.4 Å². The fourth-order valence-corrected chi connectivity index (χ4v) is 2.68. The quantitative estimate of drug-likeness (QED) is 0.732. The number of nitrogens with zero attached hydrogens (tertiary/aromatic N) is 2. The minimum Gasteiger partial charge on any atom is -0.493 e. The van der Waals surface area contributed by atoms with Crippen LogP contribution in [-0.4, -0.2) is 24.4 Å². The van der Waals surface area contributed by atoms with Gasteiger partial charge in [-0.15, -0.1) is 0 Å². The normalized spacial score (nSPS) is 10.6. The highest BCUT2D eigenvalue weighted by Gasteiger charge is 2.12. The average molecular weight is 339 g/mol. The Kier molecular flexibility index (Phi) is 4.88. The Morgan fingerprint density at radius 3 is 2.40 bits per heavy atom. The maximum absolute atomic E-state index is 5.35. The Hall–Kier alpha value is -3.02. The van der Waals surface area contributed by atoms with E-state index in [-0.39, 0.29) is 0 Å². The van der Waals surface area contributed by atoms with Crippen LogP contribution in [0.2, 0.25) is 0 Å². The number of ether oxygens (including phenoxy) is 2. The van der Waals surface area contributed by atoms with Gasteiger partial charge in [-0.05, 0) is 43.2 Å². The summed E-state index contributed by atoms with van der Waals surface area (Å²) in [5.41, 5.74) is 4.26. The van der Waals surface area contributed by atoms with Crippen LogP contribution in [0.25, 0.3) is 11.4 Å². The third-order valence-electron chi connectivity index (χ3n) is 4.01. The number of anilines is 1. The number of benzene rings is 2. The topological polar surface area (TPSA) is 69.4 Å². The van der Waals surface area contributed by atoms with E-state index in [1.807, 2.05) is 24.3 Å². The Balaban J connectivity index is 1.77. The lowest BCUT2D eigenvalue weighted by Gasteiger charge is -2.10. The average Bonchev–Trinajstić information content (AvgIpc) is 3.09. The van der Waals surface area contributed by atoms with Crippen molar-refractivity contribution in [2.45, 2.75) is 20.4 Å². The fourth-order valence-electron chi connectivity index (χ4n) is 2.68. The third kappa shape index (κ3) is 3.57. The van der Waals surface area contributed by atoms with Crippen molar-refractivity contribution in [2.24, 2.45) is 0 Å². The molecule has 0 amide bonds. The second-order valence-electron chi connectivity index (χ2n) is 5.70. The molecule has 6 nitrogen and oxygen atoms in total. The molecule has 130 valence electrons. The summed E-state index contributed by atoms with van der Waals surface area (Å²) < 4.78 is 15.9.